The number of aryl methyl sites for hydroxylation is 1. The van der Waals surface area contributed by atoms with E-state index in [2.05, 4.69) is 5.32 Å². The summed E-state index contributed by atoms with van der Waals surface area (Å²) in [5.41, 5.74) is 3.22. The molecular weight excluding hydrogens is 326 g/mol. The van der Waals surface area contributed by atoms with Gasteiger partial charge in [0.15, 0.2) is 6.61 Å². The Balaban J connectivity index is 1.61. The molecular formula is C21H23N3O2. The van der Waals surface area contributed by atoms with Gasteiger partial charge in [-0.05, 0) is 50.1 Å². The van der Waals surface area contributed by atoms with E-state index in [4.69, 9.17) is 10.00 Å². The summed E-state index contributed by atoms with van der Waals surface area (Å²) in [6.45, 7) is 4.86. The van der Waals surface area contributed by atoms with Crippen molar-refractivity contribution in [3.63, 3.8) is 0 Å². The second-order valence-electron chi connectivity index (χ2n) is 6.57. The zero-order valence-electron chi connectivity index (χ0n) is 15.1. The van der Waals surface area contributed by atoms with Crippen molar-refractivity contribution >= 4 is 11.6 Å². The quantitative estimate of drug-likeness (QED) is 0.868. The summed E-state index contributed by atoms with van der Waals surface area (Å²) < 4.78 is 5.27. The SMILES string of the molecule is Cc1ccc(N2CC[C@H](N[C@H](C)c3ccc(OCC#N)cc3)C2=O)cc1. The number of nitriles is 1. The predicted molar refractivity (Wildman–Crippen MR) is 101 cm³/mol. The summed E-state index contributed by atoms with van der Waals surface area (Å²) in [5, 5.41) is 12.0. The highest BCUT2D eigenvalue weighted by molar-refractivity contribution is 5.99. The second kappa shape index (κ2) is 8.03. The Kier molecular flexibility index (Phi) is 5.55. The lowest BCUT2D eigenvalue weighted by Crippen LogP contribution is -2.39. The average Bonchev–Trinajstić information content (AvgIpc) is 3.01. The molecule has 3 rings (SSSR count). The van der Waals surface area contributed by atoms with Crippen LogP contribution in [0.25, 0.3) is 0 Å². The lowest BCUT2D eigenvalue weighted by Gasteiger charge is -2.21. The van der Waals surface area contributed by atoms with Crippen LogP contribution in [0, 0.1) is 18.3 Å². The summed E-state index contributed by atoms with van der Waals surface area (Å²) in [4.78, 5) is 14.6. The lowest BCUT2D eigenvalue weighted by atomic mass is 10.1. The summed E-state index contributed by atoms with van der Waals surface area (Å²) in [5.74, 6) is 0.791. The molecule has 1 fully saturated rings. The second-order valence-corrected chi connectivity index (χ2v) is 6.57. The monoisotopic (exact) mass is 349 g/mol. The van der Waals surface area contributed by atoms with Crippen molar-refractivity contribution in [2.45, 2.75) is 32.4 Å². The van der Waals surface area contributed by atoms with Crippen molar-refractivity contribution in [3.8, 4) is 11.8 Å². The molecule has 1 aliphatic heterocycles. The fourth-order valence-corrected chi connectivity index (χ4v) is 3.18. The van der Waals surface area contributed by atoms with Gasteiger partial charge in [0.2, 0.25) is 5.91 Å². The van der Waals surface area contributed by atoms with Gasteiger partial charge in [-0.25, -0.2) is 0 Å². The number of anilines is 1. The number of nitrogens with zero attached hydrogens (tertiary/aromatic N) is 2. The van der Waals surface area contributed by atoms with Crippen LogP contribution in [-0.2, 0) is 4.79 Å². The van der Waals surface area contributed by atoms with E-state index < -0.39 is 0 Å². The van der Waals surface area contributed by atoms with Crippen LogP contribution in [0.15, 0.2) is 48.5 Å². The van der Waals surface area contributed by atoms with Crippen molar-refractivity contribution in [1.82, 2.24) is 5.32 Å². The Hall–Kier alpha value is -2.84. The minimum atomic E-state index is -0.180. The van der Waals surface area contributed by atoms with Crippen molar-refractivity contribution in [1.29, 1.82) is 5.26 Å². The van der Waals surface area contributed by atoms with E-state index in [1.807, 2.05) is 73.3 Å². The van der Waals surface area contributed by atoms with Crippen LogP contribution >= 0.6 is 0 Å². The predicted octanol–water partition coefficient (Wildman–Crippen LogP) is 3.35. The normalized spacial score (nSPS) is 17.8. The maximum absolute atomic E-state index is 12.7. The molecule has 1 heterocycles. The van der Waals surface area contributed by atoms with Crippen LogP contribution in [0.4, 0.5) is 5.69 Å². The largest absolute Gasteiger partial charge is 0.479 e. The molecule has 0 aliphatic carbocycles. The van der Waals surface area contributed by atoms with E-state index in [0.29, 0.717) is 5.75 Å². The lowest BCUT2D eigenvalue weighted by molar-refractivity contribution is -0.119. The first-order valence-electron chi connectivity index (χ1n) is 8.82. The minimum Gasteiger partial charge on any atom is -0.479 e. The van der Waals surface area contributed by atoms with Gasteiger partial charge in [-0.1, -0.05) is 29.8 Å². The Morgan fingerprint density at radius 1 is 1.23 bits per heavy atom. The third-order valence-electron chi connectivity index (χ3n) is 4.69. The van der Waals surface area contributed by atoms with E-state index in [0.717, 1.165) is 24.2 Å². The number of amides is 1. The van der Waals surface area contributed by atoms with Crippen molar-refractivity contribution in [3.05, 3.63) is 59.7 Å². The van der Waals surface area contributed by atoms with Crippen LogP contribution in [0.3, 0.4) is 0 Å². The highest BCUT2D eigenvalue weighted by Gasteiger charge is 2.33. The maximum atomic E-state index is 12.7. The Bertz CT molecular complexity index is 794. The molecule has 26 heavy (non-hydrogen) atoms. The molecule has 1 aliphatic rings. The van der Waals surface area contributed by atoms with Crippen molar-refractivity contribution in [2.24, 2.45) is 0 Å². The molecule has 1 amide bonds. The molecule has 0 saturated carbocycles. The maximum Gasteiger partial charge on any atom is 0.244 e. The molecule has 134 valence electrons. The Morgan fingerprint density at radius 2 is 1.92 bits per heavy atom. The van der Waals surface area contributed by atoms with Crippen molar-refractivity contribution in [2.75, 3.05) is 18.1 Å². The zero-order chi connectivity index (χ0) is 18.5. The van der Waals surface area contributed by atoms with Gasteiger partial charge >= 0.3 is 0 Å². The number of benzene rings is 2. The average molecular weight is 349 g/mol. The van der Waals surface area contributed by atoms with Gasteiger partial charge in [-0.3, -0.25) is 10.1 Å². The molecule has 1 N–H and O–H groups in total. The topological polar surface area (TPSA) is 65.4 Å². The van der Waals surface area contributed by atoms with E-state index in [9.17, 15) is 4.79 Å². The summed E-state index contributed by atoms with van der Waals surface area (Å²) in [6.07, 6.45) is 0.792. The van der Waals surface area contributed by atoms with E-state index in [1.54, 1.807) is 0 Å². The fourth-order valence-electron chi connectivity index (χ4n) is 3.18. The smallest absolute Gasteiger partial charge is 0.244 e. The number of hydrogen-bond acceptors (Lipinski definition) is 4. The minimum absolute atomic E-state index is 0.0402. The van der Waals surface area contributed by atoms with Crippen LogP contribution < -0.4 is 15.0 Å². The van der Waals surface area contributed by atoms with Crippen LogP contribution in [0.1, 0.15) is 30.5 Å². The highest BCUT2D eigenvalue weighted by Crippen LogP contribution is 2.24. The molecule has 0 aromatic heterocycles. The standard InChI is InChI=1S/C21H23N3O2/c1-15-3-7-18(8-4-15)24-13-11-20(21(24)25)23-16(2)17-5-9-19(10-6-17)26-14-12-22/h3-10,16,20,23H,11,13-14H2,1-2H3/t16-,20+/m1/s1. The van der Waals surface area contributed by atoms with Gasteiger partial charge in [0.1, 0.15) is 11.8 Å². The summed E-state index contributed by atoms with van der Waals surface area (Å²) in [7, 11) is 0. The zero-order valence-corrected chi connectivity index (χ0v) is 15.1. The van der Waals surface area contributed by atoms with Crippen LogP contribution in [0.2, 0.25) is 0 Å². The van der Waals surface area contributed by atoms with E-state index in [1.165, 1.54) is 5.56 Å². The molecule has 2 atom stereocenters. The van der Waals surface area contributed by atoms with Crippen LogP contribution in [0.5, 0.6) is 5.75 Å². The molecule has 0 unspecified atom stereocenters. The van der Waals surface area contributed by atoms with E-state index in [-0.39, 0.29) is 24.6 Å². The van der Waals surface area contributed by atoms with Gasteiger partial charge in [0.25, 0.3) is 0 Å². The molecule has 5 nitrogen and oxygen atoms in total. The molecule has 1 saturated heterocycles. The number of hydrogen-bond donors (Lipinski definition) is 1. The summed E-state index contributed by atoms with van der Waals surface area (Å²) in [6, 6.07) is 17.5. The van der Waals surface area contributed by atoms with Crippen molar-refractivity contribution < 1.29 is 9.53 Å². The number of nitrogens with one attached hydrogen (secondary N) is 1. The van der Waals surface area contributed by atoms with Gasteiger partial charge < -0.3 is 9.64 Å². The number of carbonyl (C=O) groups excluding carboxylic acids is 1. The molecule has 2 aromatic carbocycles. The van der Waals surface area contributed by atoms with Gasteiger partial charge in [-0.2, -0.15) is 5.26 Å². The molecule has 0 radical (unpaired) electrons. The third-order valence-corrected chi connectivity index (χ3v) is 4.69. The van der Waals surface area contributed by atoms with Gasteiger partial charge in [-0.15, -0.1) is 0 Å². The van der Waals surface area contributed by atoms with Gasteiger partial charge in [0, 0.05) is 18.3 Å². The fraction of sp³-hybridized carbons (Fsp3) is 0.333. The van der Waals surface area contributed by atoms with E-state index >= 15 is 0 Å². The molecule has 0 spiro atoms. The third kappa shape index (κ3) is 4.04. The highest BCUT2D eigenvalue weighted by atomic mass is 16.5. The molecule has 5 heteroatoms. The van der Waals surface area contributed by atoms with Crippen LogP contribution in [-0.4, -0.2) is 25.1 Å². The first kappa shape index (κ1) is 18.0. The number of ether oxygens (including phenoxy) is 1. The Labute approximate surface area is 154 Å². The number of carbonyl (C=O) groups is 1. The first-order valence-corrected chi connectivity index (χ1v) is 8.82. The first-order chi connectivity index (χ1) is 12.6. The molecule has 0 bridgehead atoms. The van der Waals surface area contributed by atoms with Gasteiger partial charge in [0.05, 0.1) is 6.04 Å². The Morgan fingerprint density at radius 3 is 2.58 bits per heavy atom. The molecule has 2 aromatic rings. The summed E-state index contributed by atoms with van der Waals surface area (Å²) >= 11 is 0. The number of rotatable bonds is 6.